The van der Waals surface area contributed by atoms with Gasteiger partial charge >= 0.3 is 6.18 Å². The molecule has 1 nitrogen and oxygen atoms in total. The Hall–Kier alpha value is -0.420. The first-order valence-corrected chi connectivity index (χ1v) is 5.70. The Kier molecular flexibility index (Phi) is 4.50. The first-order valence-electron chi connectivity index (χ1n) is 4.40. The molecule has 0 heterocycles. The van der Waals surface area contributed by atoms with Crippen molar-refractivity contribution in [2.24, 2.45) is 0 Å². The summed E-state index contributed by atoms with van der Waals surface area (Å²) >= 11 is 8.22. The Morgan fingerprint density at radius 3 is 2.62 bits per heavy atom. The smallest absolute Gasteiger partial charge is 0.404 e. The Morgan fingerprint density at radius 1 is 1.44 bits per heavy atom. The highest BCUT2D eigenvalue weighted by Gasteiger charge is 2.38. The van der Waals surface area contributed by atoms with Crippen LogP contribution < -0.4 is 4.74 Å². The van der Waals surface area contributed by atoms with Crippen LogP contribution in [0.15, 0.2) is 18.2 Å². The second-order valence-corrected chi connectivity index (χ2v) is 4.77. The first-order chi connectivity index (χ1) is 7.30. The van der Waals surface area contributed by atoms with Gasteiger partial charge in [-0.25, -0.2) is 0 Å². The fraction of sp³-hybridized carbons (Fsp3) is 0.400. The van der Waals surface area contributed by atoms with E-state index >= 15 is 0 Å². The van der Waals surface area contributed by atoms with Gasteiger partial charge in [0.15, 0.2) is 0 Å². The molecule has 0 fully saturated rings. The van der Waals surface area contributed by atoms with Gasteiger partial charge in [-0.2, -0.15) is 13.2 Å². The molecule has 16 heavy (non-hydrogen) atoms. The molecule has 1 atom stereocenters. The summed E-state index contributed by atoms with van der Waals surface area (Å²) in [7, 11) is 0. The van der Waals surface area contributed by atoms with Gasteiger partial charge in [0.05, 0.1) is 0 Å². The summed E-state index contributed by atoms with van der Waals surface area (Å²) in [4.78, 5) is -1.68. The fourth-order valence-electron chi connectivity index (χ4n) is 0.987. The molecule has 0 saturated carbocycles. The quantitative estimate of drug-likeness (QED) is 0.753. The van der Waals surface area contributed by atoms with Crippen LogP contribution in [-0.4, -0.2) is 17.6 Å². The molecule has 0 aliphatic rings. The number of alkyl halides is 4. The van der Waals surface area contributed by atoms with Gasteiger partial charge in [0.1, 0.15) is 17.2 Å². The van der Waals surface area contributed by atoms with Crippen LogP contribution >= 0.6 is 27.5 Å². The lowest BCUT2D eigenvalue weighted by Gasteiger charge is -2.16. The normalized spacial score (nSPS) is 13.6. The van der Waals surface area contributed by atoms with Crippen LogP contribution in [0.2, 0.25) is 5.02 Å². The van der Waals surface area contributed by atoms with E-state index in [0.29, 0.717) is 10.8 Å². The average Bonchev–Trinajstić information content (AvgIpc) is 2.17. The zero-order valence-electron chi connectivity index (χ0n) is 8.31. The van der Waals surface area contributed by atoms with Crippen molar-refractivity contribution in [2.75, 3.05) is 6.61 Å². The Labute approximate surface area is 105 Å². The van der Waals surface area contributed by atoms with Crippen molar-refractivity contribution < 1.29 is 17.9 Å². The molecule has 90 valence electrons. The lowest BCUT2D eigenvalue weighted by molar-refractivity contribution is -0.132. The van der Waals surface area contributed by atoms with E-state index in [9.17, 15) is 13.2 Å². The second-order valence-electron chi connectivity index (χ2n) is 3.23. The van der Waals surface area contributed by atoms with Crippen LogP contribution in [0.1, 0.15) is 5.56 Å². The van der Waals surface area contributed by atoms with Gasteiger partial charge in [0.2, 0.25) is 0 Å². The number of aryl methyl sites for hydroxylation is 1. The fourth-order valence-corrected chi connectivity index (χ4v) is 1.28. The molecule has 0 aromatic heterocycles. The van der Waals surface area contributed by atoms with Crippen molar-refractivity contribution in [3.63, 3.8) is 0 Å². The molecule has 1 aromatic carbocycles. The molecule has 1 rings (SSSR count). The molecular formula is C10H9BrClF3O. The van der Waals surface area contributed by atoms with E-state index < -0.39 is 17.6 Å². The zero-order valence-corrected chi connectivity index (χ0v) is 10.7. The third-order valence-corrected chi connectivity index (χ3v) is 2.91. The van der Waals surface area contributed by atoms with Gasteiger partial charge in [-0.3, -0.25) is 0 Å². The number of hydrogen-bond donors (Lipinski definition) is 0. The van der Waals surface area contributed by atoms with Gasteiger partial charge in [-0.1, -0.05) is 33.6 Å². The van der Waals surface area contributed by atoms with Crippen molar-refractivity contribution in [1.29, 1.82) is 0 Å². The van der Waals surface area contributed by atoms with Crippen LogP contribution in [0.25, 0.3) is 0 Å². The van der Waals surface area contributed by atoms with Crippen molar-refractivity contribution in [3.8, 4) is 5.75 Å². The Balaban J connectivity index is 2.64. The Bertz CT molecular complexity index is 368. The molecule has 1 aromatic rings. The standard InChI is InChI=1S/C10H9BrClF3O/c1-6-2-3-7(12)4-8(6)16-5-9(11)10(13,14)15/h2-4,9H,5H2,1H3. The molecule has 6 heteroatoms. The first kappa shape index (κ1) is 13.6. The van der Waals surface area contributed by atoms with Crippen LogP contribution in [0.4, 0.5) is 13.2 Å². The van der Waals surface area contributed by atoms with Gasteiger partial charge in [-0.05, 0) is 24.6 Å². The number of rotatable bonds is 3. The van der Waals surface area contributed by atoms with E-state index in [2.05, 4.69) is 15.9 Å². The summed E-state index contributed by atoms with van der Waals surface area (Å²) in [5, 5.41) is 0.429. The van der Waals surface area contributed by atoms with Crippen molar-refractivity contribution in [2.45, 2.75) is 17.9 Å². The SMILES string of the molecule is Cc1ccc(Cl)cc1OCC(Br)C(F)(F)F. The minimum Gasteiger partial charge on any atom is -0.492 e. The number of halogens is 5. The second kappa shape index (κ2) is 5.27. The maximum absolute atomic E-state index is 12.2. The van der Waals surface area contributed by atoms with Crippen molar-refractivity contribution in [3.05, 3.63) is 28.8 Å². The lowest BCUT2D eigenvalue weighted by Crippen LogP contribution is -2.28. The highest BCUT2D eigenvalue weighted by atomic mass is 79.9. The summed E-state index contributed by atoms with van der Waals surface area (Å²) < 4.78 is 41.6. The highest BCUT2D eigenvalue weighted by Crippen LogP contribution is 2.28. The van der Waals surface area contributed by atoms with E-state index in [1.165, 1.54) is 6.07 Å². The molecule has 0 radical (unpaired) electrons. The lowest BCUT2D eigenvalue weighted by atomic mass is 10.2. The molecule has 0 spiro atoms. The van der Waals surface area contributed by atoms with E-state index in [1.807, 2.05) is 0 Å². The molecule has 0 bridgehead atoms. The molecule has 0 aliphatic heterocycles. The Morgan fingerprint density at radius 2 is 2.06 bits per heavy atom. The van der Waals surface area contributed by atoms with Gasteiger partial charge < -0.3 is 4.74 Å². The summed E-state index contributed by atoms with van der Waals surface area (Å²) in [5.41, 5.74) is 0.742. The number of benzene rings is 1. The molecule has 0 N–H and O–H groups in total. The van der Waals surface area contributed by atoms with Crippen LogP contribution in [0.5, 0.6) is 5.75 Å². The maximum atomic E-state index is 12.2. The third-order valence-electron chi connectivity index (χ3n) is 1.89. The van der Waals surface area contributed by atoms with E-state index in [4.69, 9.17) is 16.3 Å². The minimum absolute atomic E-state index is 0.362. The van der Waals surface area contributed by atoms with Crippen LogP contribution in [0, 0.1) is 6.92 Å². The molecular weight excluding hydrogens is 308 g/mol. The zero-order chi connectivity index (χ0) is 12.3. The predicted molar refractivity (Wildman–Crippen MR) is 60.5 cm³/mol. The summed E-state index contributed by atoms with van der Waals surface area (Å²) in [6.07, 6.45) is -4.31. The van der Waals surface area contributed by atoms with E-state index in [-0.39, 0.29) is 0 Å². The molecule has 1 unspecified atom stereocenters. The highest BCUT2D eigenvalue weighted by molar-refractivity contribution is 9.09. The van der Waals surface area contributed by atoms with Crippen molar-refractivity contribution in [1.82, 2.24) is 0 Å². The summed E-state index contributed by atoms with van der Waals surface area (Å²) in [6.45, 7) is 1.26. The van der Waals surface area contributed by atoms with Crippen LogP contribution in [0.3, 0.4) is 0 Å². The summed E-state index contributed by atoms with van der Waals surface area (Å²) in [5.74, 6) is 0.362. The van der Waals surface area contributed by atoms with E-state index in [0.717, 1.165) is 5.56 Å². The third kappa shape index (κ3) is 3.87. The van der Waals surface area contributed by atoms with Gasteiger partial charge in [-0.15, -0.1) is 0 Å². The summed E-state index contributed by atoms with van der Waals surface area (Å²) in [6, 6.07) is 4.83. The largest absolute Gasteiger partial charge is 0.492 e. The van der Waals surface area contributed by atoms with Gasteiger partial charge in [0.25, 0.3) is 0 Å². The maximum Gasteiger partial charge on any atom is 0.404 e. The predicted octanol–water partition coefficient (Wildman–Crippen LogP) is 4.35. The molecule has 0 saturated heterocycles. The molecule has 0 aliphatic carbocycles. The number of hydrogen-bond acceptors (Lipinski definition) is 1. The average molecular weight is 318 g/mol. The van der Waals surface area contributed by atoms with E-state index in [1.54, 1.807) is 19.1 Å². The molecule has 0 amide bonds. The van der Waals surface area contributed by atoms with Crippen LogP contribution in [-0.2, 0) is 0 Å². The topological polar surface area (TPSA) is 9.23 Å². The number of ether oxygens (including phenoxy) is 1. The monoisotopic (exact) mass is 316 g/mol. The van der Waals surface area contributed by atoms with Crippen molar-refractivity contribution >= 4 is 27.5 Å². The van der Waals surface area contributed by atoms with Gasteiger partial charge in [0, 0.05) is 5.02 Å². The minimum atomic E-state index is -4.31.